The van der Waals surface area contributed by atoms with Gasteiger partial charge in [0.2, 0.25) is 0 Å². The highest BCUT2D eigenvalue weighted by atomic mass is 19.2. The number of carbonyl (C=O) groups excluding carboxylic acids is 1. The van der Waals surface area contributed by atoms with Crippen LogP contribution in [0.25, 0.3) is 11.1 Å². The lowest BCUT2D eigenvalue weighted by atomic mass is 9.80. The maximum absolute atomic E-state index is 14.0. The van der Waals surface area contributed by atoms with Gasteiger partial charge in [-0.2, -0.15) is 0 Å². The van der Waals surface area contributed by atoms with E-state index in [2.05, 4.69) is 0 Å². The number of benzene rings is 2. The number of rotatable bonds is 2. The summed E-state index contributed by atoms with van der Waals surface area (Å²) in [5.41, 5.74) is 5.42. The summed E-state index contributed by atoms with van der Waals surface area (Å²) in [4.78, 5) is 11.2. The Labute approximate surface area is 142 Å². The number of hydrogen-bond donors (Lipinski definition) is 1. The number of halogens is 3. The van der Waals surface area contributed by atoms with Crippen molar-refractivity contribution in [3.8, 4) is 16.9 Å². The Morgan fingerprint density at radius 1 is 1.16 bits per heavy atom. The minimum atomic E-state index is -1.26. The predicted octanol–water partition coefficient (Wildman–Crippen LogP) is 4.33. The van der Waals surface area contributed by atoms with Crippen LogP contribution in [0.2, 0.25) is 0 Å². The first kappa shape index (κ1) is 17.1. The lowest BCUT2D eigenvalue weighted by molar-refractivity contribution is -0.0176. The van der Waals surface area contributed by atoms with Crippen LogP contribution in [-0.4, -0.2) is 12.7 Å². The Bertz CT molecular complexity index is 852. The minimum absolute atomic E-state index is 0.0949. The Kier molecular flexibility index (Phi) is 4.10. The van der Waals surface area contributed by atoms with Crippen molar-refractivity contribution >= 4 is 6.09 Å². The van der Waals surface area contributed by atoms with Gasteiger partial charge in [0, 0.05) is 22.6 Å². The van der Waals surface area contributed by atoms with Crippen LogP contribution >= 0.6 is 0 Å². The fraction of sp³-hybridized carbons (Fsp3) is 0.278. The highest BCUT2D eigenvalue weighted by molar-refractivity contribution is 5.68. The van der Waals surface area contributed by atoms with Gasteiger partial charge in [-0.05, 0) is 17.7 Å². The van der Waals surface area contributed by atoms with E-state index in [1.54, 1.807) is 6.07 Å². The van der Waals surface area contributed by atoms with Crippen molar-refractivity contribution in [3.63, 3.8) is 0 Å². The van der Waals surface area contributed by atoms with Gasteiger partial charge in [0.05, 0.1) is 6.61 Å². The summed E-state index contributed by atoms with van der Waals surface area (Å²) in [6, 6.07) is 5.90. The molecule has 4 nitrogen and oxygen atoms in total. The van der Waals surface area contributed by atoms with Crippen LogP contribution in [0.5, 0.6) is 5.75 Å². The van der Waals surface area contributed by atoms with Crippen molar-refractivity contribution < 1.29 is 27.4 Å². The predicted molar refractivity (Wildman–Crippen MR) is 84.4 cm³/mol. The molecule has 2 N–H and O–H groups in total. The standard InChI is InChI=1S/C18H16F3NO3/c1-18(2)8-24-15-5-9(3-4-10(15)16(18)25-17(22)23)11-6-13(20)14(21)7-12(11)19/h3-7,16H,8H2,1-2H3,(H2,22,23). The van der Waals surface area contributed by atoms with Crippen molar-refractivity contribution in [2.45, 2.75) is 20.0 Å². The van der Waals surface area contributed by atoms with E-state index in [0.29, 0.717) is 22.9 Å². The number of ether oxygens (including phenoxy) is 2. The summed E-state index contributed by atoms with van der Waals surface area (Å²) in [6.45, 7) is 3.95. The molecule has 0 saturated heterocycles. The summed E-state index contributed by atoms with van der Waals surface area (Å²) >= 11 is 0. The van der Waals surface area contributed by atoms with Crippen LogP contribution < -0.4 is 10.5 Å². The average molecular weight is 351 g/mol. The number of amides is 1. The third kappa shape index (κ3) is 3.14. The maximum atomic E-state index is 14.0. The highest BCUT2D eigenvalue weighted by Crippen LogP contribution is 2.46. The second kappa shape index (κ2) is 5.98. The molecule has 0 spiro atoms. The van der Waals surface area contributed by atoms with Gasteiger partial charge in [-0.1, -0.05) is 26.0 Å². The quantitative estimate of drug-likeness (QED) is 0.820. The molecular formula is C18H16F3NO3. The molecule has 1 unspecified atom stereocenters. The highest BCUT2D eigenvalue weighted by Gasteiger charge is 2.40. The molecule has 0 aromatic heterocycles. The minimum Gasteiger partial charge on any atom is -0.492 e. The van der Waals surface area contributed by atoms with Gasteiger partial charge < -0.3 is 15.2 Å². The van der Waals surface area contributed by atoms with E-state index < -0.39 is 35.1 Å². The molecule has 2 aromatic carbocycles. The first-order valence-corrected chi connectivity index (χ1v) is 7.57. The van der Waals surface area contributed by atoms with Crippen LogP contribution in [0.4, 0.5) is 18.0 Å². The molecule has 1 heterocycles. The van der Waals surface area contributed by atoms with Gasteiger partial charge in [-0.25, -0.2) is 18.0 Å². The first-order chi connectivity index (χ1) is 11.7. The van der Waals surface area contributed by atoms with Crippen LogP contribution in [0, 0.1) is 22.9 Å². The van der Waals surface area contributed by atoms with Gasteiger partial charge >= 0.3 is 6.09 Å². The van der Waals surface area contributed by atoms with Crippen molar-refractivity contribution in [2.75, 3.05) is 6.61 Å². The molecule has 0 radical (unpaired) electrons. The van der Waals surface area contributed by atoms with Crippen molar-refractivity contribution in [1.82, 2.24) is 0 Å². The van der Waals surface area contributed by atoms with Crippen molar-refractivity contribution in [1.29, 1.82) is 0 Å². The molecule has 132 valence electrons. The van der Waals surface area contributed by atoms with Gasteiger partial charge in [-0.3, -0.25) is 0 Å². The number of hydrogen-bond acceptors (Lipinski definition) is 3. The second-order valence-corrected chi connectivity index (χ2v) is 6.59. The van der Waals surface area contributed by atoms with Gasteiger partial charge in [0.25, 0.3) is 0 Å². The van der Waals surface area contributed by atoms with Gasteiger partial charge in [0.1, 0.15) is 17.7 Å². The SMILES string of the molecule is CC1(C)COc2cc(-c3cc(F)c(F)cc3F)ccc2C1OC(N)=O. The van der Waals surface area contributed by atoms with E-state index in [9.17, 15) is 18.0 Å². The lowest BCUT2D eigenvalue weighted by Crippen LogP contribution is -2.37. The number of nitrogens with two attached hydrogens (primary N) is 1. The van der Waals surface area contributed by atoms with E-state index in [-0.39, 0.29) is 12.2 Å². The molecule has 7 heteroatoms. The molecule has 0 saturated carbocycles. The fourth-order valence-electron chi connectivity index (χ4n) is 2.89. The number of carbonyl (C=O) groups is 1. The Morgan fingerprint density at radius 2 is 1.84 bits per heavy atom. The van der Waals surface area contributed by atoms with Gasteiger partial charge in [-0.15, -0.1) is 0 Å². The third-order valence-corrected chi connectivity index (χ3v) is 4.16. The van der Waals surface area contributed by atoms with Gasteiger partial charge in [0.15, 0.2) is 11.6 Å². The van der Waals surface area contributed by atoms with Crippen LogP contribution in [0.1, 0.15) is 25.5 Å². The Hall–Kier alpha value is -2.70. The molecule has 1 aliphatic heterocycles. The monoisotopic (exact) mass is 351 g/mol. The zero-order valence-electron chi connectivity index (χ0n) is 13.6. The normalized spacial score (nSPS) is 18.2. The van der Waals surface area contributed by atoms with Crippen LogP contribution in [-0.2, 0) is 4.74 Å². The first-order valence-electron chi connectivity index (χ1n) is 7.57. The molecule has 0 fully saturated rings. The van der Waals surface area contributed by atoms with Crippen molar-refractivity contribution in [2.24, 2.45) is 11.1 Å². The van der Waals surface area contributed by atoms with Crippen molar-refractivity contribution in [3.05, 3.63) is 53.3 Å². The Morgan fingerprint density at radius 3 is 2.52 bits per heavy atom. The largest absolute Gasteiger partial charge is 0.492 e. The summed E-state index contributed by atoms with van der Waals surface area (Å²) in [5.74, 6) is -2.93. The zero-order valence-corrected chi connectivity index (χ0v) is 13.6. The topological polar surface area (TPSA) is 61.6 Å². The van der Waals surface area contributed by atoms with Crippen LogP contribution in [0.15, 0.2) is 30.3 Å². The van der Waals surface area contributed by atoms with E-state index in [1.165, 1.54) is 12.1 Å². The third-order valence-electron chi connectivity index (χ3n) is 4.16. The zero-order chi connectivity index (χ0) is 18.4. The Balaban J connectivity index is 2.06. The van der Waals surface area contributed by atoms with E-state index in [1.807, 2.05) is 13.8 Å². The maximum Gasteiger partial charge on any atom is 0.405 e. The average Bonchev–Trinajstić information content (AvgIpc) is 2.53. The number of primary amides is 1. The summed E-state index contributed by atoms with van der Waals surface area (Å²) in [6.07, 6.45) is -1.56. The fourth-order valence-corrected chi connectivity index (χ4v) is 2.89. The second-order valence-electron chi connectivity index (χ2n) is 6.59. The molecule has 1 atom stereocenters. The molecule has 2 aromatic rings. The summed E-state index contributed by atoms with van der Waals surface area (Å²) < 4.78 is 51.4. The lowest BCUT2D eigenvalue weighted by Gasteiger charge is -2.38. The summed E-state index contributed by atoms with van der Waals surface area (Å²) in [5, 5.41) is 0. The number of fused-ring (bicyclic) bond motifs is 1. The van der Waals surface area contributed by atoms with E-state index in [4.69, 9.17) is 15.2 Å². The van der Waals surface area contributed by atoms with E-state index >= 15 is 0 Å². The molecular weight excluding hydrogens is 335 g/mol. The molecule has 0 aliphatic carbocycles. The molecule has 1 aliphatic rings. The molecule has 3 rings (SSSR count). The summed E-state index contributed by atoms with van der Waals surface area (Å²) in [7, 11) is 0. The molecule has 25 heavy (non-hydrogen) atoms. The van der Waals surface area contributed by atoms with Crippen LogP contribution in [0.3, 0.4) is 0 Å². The molecule has 0 bridgehead atoms. The molecule has 1 amide bonds. The smallest absolute Gasteiger partial charge is 0.405 e. The van der Waals surface area contributed by atoms with E-state index in [0.717, 1.165) is 6.07 Å².